The highest BCUT2D eigenvalue weighted by Crippen LogP contribution is 2.28. The normalized spacial score (nSPS) is 10.6. The SMILES string of the molecule is COc1ccccc1-c1nnc(CNc2cccc(C)c2C)o1. The Bertz CT molecular complexity index is 812. The summed E-state index contributed by atoms with van der Waals surface area (Å²) in [6.45, 7) is 4.66. The first kappa shape index (κ1) is 15.1. The number of rotatable bonds is 5. The van der Waals surface area contributed by atoms with E-state index in [1.807, 2.05) is 36.4 Å². The zero-order valence-corrected chi connectivity index (χ0v) is 13.5. The van der Waals surface area contributed by atoms with Crippen molar-refractivity contribution in [3.8, 4) is 17.2 Å². The molecule has 0 aliphatic rings. The number of hydrogen-bond acceptors (Lipinski definition) is 5. The molecule has 0 atom stereocenters. The Morgan fingerprint density at radius 1 is 1.04 bits per heavy atom. The third-order valence-corrected chi connectivity index (χ3v) is 3.84. The molecule has 0 unspecified atom stereocenters. The highest BCUT2D eigenvalue weighted by molar-refractivity contribution is 5.62. The van der Waals surface area contributed by atoms with Crippen molar-refractivity contribution in [2.75, 3.05) is 12.4 Å². The molecule has 0 saturated heterocycles. The van der Waals surface area contributed by atoms with Crippen LogP contribution in [0.25, 0.3) is 11.5 Å². The molecule has 0 saturated carbocycles. The van der Waals surface area contributed by atoms with Gasteiger partial charge in [0.25, 0.3) is 5.89 Å². The Hall–Kier alpha value is -2.82. The van der Waals surface area contributed by atoms with Gasteiger partial charge in [0, 0.05) is 5.69 Å². The standard InChI is InChI=1S/C18H19N3O2/c1-12-7-6-9-15(13(12)2)19-11-17-20-21-18(23-17)14-8-4-5-10-16(14)22-3/h4-10,19H,11H2,1-3H3. The molecule has 0 radical (unpaired) electrons. The fourth-order valence-electron chi connectivity index (χ4n) is 2.37. The van der Waals surface area contributed by atoms with Crippen molar-refractivity contribution in [3.05, 3.63) is 59.5 Å². The quantitative estimate of drug-likeness (QED) is 0.772. The first-order valence-corrected chi connectivity index (χ1v) is 7.45. The summed E-state index contributed by atoms with van der Waals surface area (Å²) in [4.78, 5) is 0. The topological polar surface area (TPSA) is 60.2 Å². The van der Waals surface area contributed by atoms with E-state index in [1.165, 1.54) is 11.1 Å². The van der Waals surface area contributed by atoms with Crippen LogP contribution in [0, 0.1) is 13.8 Å². The average Bonchev–Trinajstić information content (AvgIpc) is 3.05. The van der Waals surface area contributed by atoms with Crippen LogP contribution in [0.1, 0.15) is 17.0 Å². The smallest absolute Gasteiger partial charge is 0.251 e. The molecule has 1 heterocycles. The van der Waals surface area contributed by atoms with Crippen LogP contribution in [-0.2, 0) is 6.54 Å². The van der Waals surface area contributed by atoms with Crippen molar-refractivity contribution >= 4 is 5.69 Å². The molecule has 0 spiro atoms. The van der Waals surface area contributed by atoms with Gasteiger partial charge in [0.1, 0.15) is 5.75 Å². The van der Waals surface area contributed by atoms with Gasteiger partial charge in [0.05, 0.1) is 19.2 Å². The molecule has 0 aliphatic heterocycles. The van der Waals surface area contributed by atoms with E-state index in [4.69, 9.17) is 9.15 Å². The van der Waals surface area contributed by atoms with E-state index < -0.39 is 0 Å². The maximum absolute atomic E-state index is 5.74. The zero-order valence-electron chi connectivity index (χ0n) is 13.5. The van der Waals surface area contributed by atoms with Crippen LogP contribution in [0.5, 0.6) is 5.75 Å². The molecule has 5 nitrogen and oxygen atoms in total. The summed E-state index contributed by atoms with van der Waals surface area (Å²) < 4.78 is 11.1. The summed E-state index contributed by atoms with van der Waals surface area (Å²) in [5.41, 5.74) is 4.33. The van der Waals surface area contributed by atoms with Crippen LogP contribution >= 0.6 is 0 Å². The molecule has 3 rings (SSSR count). The first-order chi connectivity index (χ1) is 11.2. The van der Waals surface area contributed by atoms with Gasteiger partial charge >= 0.3 is 0 Å². The number of hydrogen-bond donors (Lipinski definition) is 1. The molecule has 0 aliphatic carbocycles. The molecule has 1 N–H and O–H groups in total. The number of nitrogens with one attached hydrogen (secondary N) is 1. The number of methoxy groups -OCH3 is 1. The summed E-state index contributed by atoms with van der Waals surface area (Å²) >= 11 is 0. The molecule has 3 aromatic rings. The minimum atomic E-state index is 0.459. The largest absolute Gasteiger partial charge is 0.496 e. The number of benzene rings is 2. The first-order valence-electron chi connectivity index (χ1n) is 7.45. The number of aromatic nitrogens is 2. The van der Waals surface area contributed by atoms with E-state index in [1.54, 1.807) is 7.11 Å². The molecular weight excluding hydrogens is 290 g/mol. The Balaban J connectivity index is 1.76. The second kappa shape index (κ2) is 6.52. The lowest BCUT2D eigenvalue weighted by molar-refractivity contribution is 0.413. The lowest BCUT2D eigenvalue weighted by Gasteiger charge is -2.09. The number of ether oxygens (including phenoxy) is 1. The van der Waals surface area contributed by atoms with Crippen LogP contribution in [0.3, 0.4) is 0 Å². The predicted octanol–water partition coefficient (Wildman–Crippen LogP) is 3.97. The Morgan fingerprint density at radius 3 is 2.70 bits per heavy atom. The highest BCUT2D eigenvalue weighted by atomic mass is 16.5. The van der Waals surface area contributed by atoms with Crippen molar-refractivity contribution in [1.82, 2.24) is 10.2 Å². The van der Waals surface area contributed by atoms with Crippen LogP contribution in [0.15, 0.2) is 46.9 Å². The van der Waals surface area contributed by atoms with Gasteiger partial charge in [-0.2, -0.15) is 0 Å². The van der Waals surface area contributed by atoms with Crippen LogP contribution in [0.4, 0.5) is 5.69 Å². The van der Waals surface area contributed by atoms with Gasteiger partial charge in [-0.15, -0.1) is 10.2 Å². The monoisotopic (exact) mass is 309 g/mol. The molecule has 0 fully saturated rings. The zero-order chi connectivity index (χ0) is 16.2. The lowest BCUT2D eigenvalue weighted by atomic mass is 10.1. The molecule has 0 amide bonds. The maximum atomic E-state index is 5.74. The molecule has 5 heteroatoms. The van der Waals surface area contributed by atoms with Crippen LogP contribution in [-0.4, -0.2) is 17.3 Å². The van der Waals surface area contributed by atoms with Gasteiger partial charge in [-0.3, -0.25) is 0 Å². The second-order valence-corrected chi connectivity index (χ2v) is 5.30. The van der Waals surface area contributed by atoms with Gasteiger partial charge in [-0.25, -0.2) is 0 Å². The van der Waals surface area contributed by atoms with Gasteiger partial charge in [-0.05, 0) is 43.2 Å². The van der Waals surface area contributed by atoms with E-state index in [0.29, 0.717) is 24.1 Å². The molecule has 0 bridgehead atoms. The number of para-hydroxylation sites is 1. The predicted molar refractivity (Wildman–Crippen MR) is 89.5 cm³/mol. The van der Waals surface area contributed by atoms with Crippen LogP contribution in [0.2, 0.25) is 0 Å². The van der Waals surface area contributed by atoms with Gasteiger partial charge in [0.15, 0.2) is 0 Å². The lowest BCUT2D eigenvalue weighted by Crippen LogP contribution is -2.02. The van der Waals surface area contributed by atoms with Crippen molar-refractivity contribution < 1.29 is 9.15 Å². The summed E-state index contributed by atoms with van der Waals surface area (Å²) in [7, 11) is 1.62. The highest BCUT2D eigenvalue weighted by Gasteiger charge is 2.13. The third kappa shape index (κ3) is 3.18. The van der Waals surface area contributed by atoms with Crippen LogP contribution < -0.4 is 10.1 Å². The second-order valence-electron chi connectivity index (χ2n) is 5.30. The Labute approximate surface area is 135 Å². The van der Waals surface area contributed by atoms with Crippen molar-refractivity contribution in [2.45, 2.75) is 20.4 Å². The van der Waals surface area contributed by atoms with Gasteiger partial charge < -0.3 is 14.5 Å². The summed E-state index contributed by atoms with van der Waals surface area (Å²) in [6, 6.07) is 13.7. The van der Waals surface area contributed by atoms with E-state index in [9.17, 15) is 0 Å². The molecular formula is C18H19N3O2. The third-order valence-electron chi connectivity index (χ3n) is 3.84. The van der Waals surface area contributed by atoms with E-state index in [2.05, 4.69) is 35.4 Å². The molecule has 118 valence electrons. The van der Waals surface area contributed by atoms with E-state index in [-0.39, 0.29) is 0 Å². The van der Waals surface area contributed by atoms with E-state index in [0.717, 1.165) is 11.3 Å². The summed E-state index contributed by atoms with van der Waals surface area (Å²) in [5.74, 6) is 1.71. The number of nitrogens with zero attached hydrogens (tertiary/aromatic N) is 2. The fraction of sp³-hybridized carbons (Fsp3) is 0.222. The maximum Gasteiger partial charge on any atom is 0.251 e. The van der Waals surface area contributed by atoms with E-state index >= 15 is 0 Å². The molecule has 23 heavy (non-hydrogen) atoms. The molecule has 1 aromatic heterocycles. The molecule has 2 aromatic carbocycles. The minimum absolute atomic E-state index is 0.459. The van der Waals surface area contributed by atoms with Gasteiger partial charge in [-0.1, -0.05) is 24.3 Å². The van der Waals surface area contributed by atoms with Gasteiger partial charge in [0.2, 0.25) is 5.89 Å². The number of aryl methyl sites for hydroxylation is 1. The fourth-order valence-corrected chi connectivity index (χ4v) is 2.37. The number of anilines is 1. The average molecular weight is 309 g/mol. The van der Waals surface area contributed by atoms with Crippen molar-refractivity contribution in [2.24, 2.45) is 0 Å². The van der Waals surface area contributed by atoms with Crippen molar-refractivity contribution in [1.29, 1.82) is 0 Å². The Kier molecular flexibility index (Phi) is 4.28. The minimum Gasteiger partial charge on any atom is -0.496 e. The summed E-state index contributed by atoms with van der Waals surface area (Å²) in [6.07, 6.45) is 0. The van der Waals surface area contributed by atoms with Crippen molar-refractivity contribution in [3.63, 3.8) is 0 Å². The summed E-state index contributed by atoms with van der Waals surface area (Å²) in [5, 5.41) is 11.5. The Morgan fingerprint density at radius 2 is 1.87 bits per heavy atom.